The van der Waals surface area contributed by atoms with Gasteiger partial charge in [-0.25, -0.2) is 4.39 Å². The Morgan fingerprint density at radius 2 is 1.68 bits per heavy atom. The third-order valence-corrected chi connectivity index (χ3v) is 3.92. The zero-order chi connectivity index (χ0) is 14.0. The van der Waals surface area contributed by atoms with Gasteiger partial charge in [-0.1, -0.05) is 17.7 Å². The molecule has 0 fully saturated rings. The highest BCUT2D eigenvalue weighted by Crippen LogP contribution is 2.25. The van der Waals surface area contributed by atoms with Gasteiger partial charge in [0.15, 0.2) is 0 Å². The minimum absolute atomic E-state index is 0.233. The van der Waals surface area contributed by atoms with Crippen LogP contribution in [0.5, 0.6) is 0 Å². The van der Waals surface area contributed by atoms with Crippen molar-refractivity contribution in [1.82, 2.24) is 0 Å². The van der Waals surface area contributed by atoms with Gasteiger partial charge in [0.25, 0.3) is 0 Å². The molecule has 2 aromatic rings. The summed E-state index contributed by atoms with van der Waals surface area (Å²) in [6.45, 7) is 7.01. The summed E-state index contributed by atoms with van der Waals surface area (Å²) in [4.78, 5) is 0. The fourth-order valence-corrected chi connectivity index (χ4v) is 2.69. The van der Waals surface area contributed by atoms with Gasteiger partial charge in [0.2, 0.25) is 0 Å². The van der Waals surface area contributed by atoms with Crippen LogP contribution in [-0.4, -0.2) is 0 Å². The number of hydrogen-bond donors (Lipinski definition) is 1. The maximum atomic E-state index is 13.2. The Morgan fingerprint density at radius 1 is 1.05 bits per heavy atom. The van der Waals surface area contributed by atoms with Gasteiger partial charge in [-0.2, -0.15) is 0 Å². The van der Waals surface area contributed by atoms with Crippen molar-refractivity contribution in [2.45, 2.75) is 27.3 Å². The molecule has 0 aliphatic carbocycles. The number of aryl methyl sites for hydroxylation is 3. The van der Waals surface area contributed by atoms with E-state index in [4.69, 9.17) is 0 Å². The van der Waals surface area contributed by atoms with Gasteiger partial charge in [0, 0.05) is 11.0 Å². The standard InChI is InChI=1S/C16H17BrFN/c1-10-6-11(2)14(12(3)7-10)9-19-16-8-13(18)4-5-15(16)17/h4-8,19H,9H2,1-3H3. The maximum absolute atomic E-state index is 13.2. The van der Waals surface area contributed by atoms with E-state index in [9.17, 15) is 4.39 Å². The van der Waals surface area contributed by atoms with Crippen LogP contribution < -0.4 is 5.32 Å². The number of nitrogens with one attached hydrogen (secondary N) is 1. The first kappa shape index (κ1) is 14.1. The summed E-state index contributed by atoms with van der Waals surface area (Å²) in [6.07, 6.45) is 0. The summed E-state index contributed by atoms with van der Waals surface area (Å²) in [7, 11) is 0. The predicted molar refractivity (Wildman–Crippen MR) is 82.1 cm³/mol. The molecule has 0 aromatic heterocycles. The Hall–Kier alpha value is -1.35. The van der Waals surface area contributed by atoms with E-state index in [1.54, 1.807) is 6.07 Å². The maximum Gasteiger partial charge on any atom is 0.125 e. The quantitative estimate of drug-likeness (QED) is 0.826. The van der Waals surface area contributed by atoms with Crippen LogP contribution in [0.1, 0.15) is 22.3 Å². The second kappa shape index (κ2) is 5.74. The average molecular weight is 322 g/mol. The molecule has 0 bridgehead atoms. The van der Waals surface area contributed by atoms with E-state index in [0.717, 1.165) is 10.2 Å². The Balaban J connectivity index is 2.21. The van der Waals surface area contributed by atoms with Crippen molar-refractivity contribution < 1.29 is 4.39 Å². The number of benzene rings is 2. The number of halogens is 2. The number of hydrogen-bond acceptors (Lipinski definition) is 1. The summed E-state index contributed by atoms with van der Waals surface area (Å²) in [5.74, 6) is -0.233. The Bertz CT molecular complexity index is 585. The molecule has 19 heavy (non-hydrogen) atoms. The normalized spacial score (nSPS) is 10.6. The molecule has 0 aliphatic heterocycles. The largest absolute Gasteiger partial charge is 0.380 e. The molecular formula is C16H17BrFN. The SMILES string of the molecule is Cc1cc(C)c(CNc2cc(F)ccc2Br)c(C)c1. The van der Waals surface area contributed by atoms with Gasteiger partial charge in [-0.3, -0.25) is 0 Å². The molecule has 2 aromatic carbocycles. The molecule has 3 heteroatoms. The molecular weight excluding hydrogens is 305 g/mol. The third-order valence-electron chi connectivity index (χ3n) is 3.22. The molecule has 0 amide bonds. The molecule has 0 radical (unpaired) electrons. The fraction of sp³-hybridized carbons (Fsp3) is 0.250. The molecule has 100 valence electrons. The first-order chi connectivity index (χ1) is 8.97. The van der Waals surface area contributed by atoms with E-state index in [1.165, 1.54) is 34.4 Å². The van der Waals surface area contributed by atoms with Crippen LogP contribution in [0, 0.1) is 26.6 Å². The molecule has 0 saturated carbocycles. The lowest BCUT2D eigenvalue weighted by Crippen LogP contribution is -2.04. The predicted octanol–water partition coefficient (Wildman–Crippen LogP) is 5.13. The Morgan fingerprint density at radius 3 is 2.32 bits per heavy atom. The van der Waals surface area contributed by atoms with E-state index in [2.05, 4.69) is 54.2 Å². The van der Waals surface area contributed by atoms with Crippen LogP contribution in [0.4, 0.5) is 10.1 Å². The number of rotatable bonds is 3. The molecule has 0 unspecified atom stereocenters. The lowest BCUT2D eigenvalue weighted by molar-refractivity contribution is 0.628. The van der Waals surface area contributed by atoms with E-state index in [0.29, 0.717) is 6.54 Å². The van der Waals surface area contributed by atoms with Gasteiger partial charge in [-0.15, -0.1) is 0 Å². The topological polar surface area (TPSA) is 12.0 Å². The molecule has 1 N–H and O–H groups in total. The zero-order valence-corrected chi connectivity index (χ0v) is 12.9. The monoisotopic (exact) mass is 321 g/mol. The fourth-order valence-electron chi connectivity index (χ4n) is 2.31. The van der Waals surface area contributed by atoms with Crippen molar-refractivity contribution in [3.63, 3.8) is 0 Å². The van der Waals surface area contributed by atoms with E-state index in [-0.39, 0.29) is 5.82 Å². The Kier molecular flexibility index (Phi) is 4.25. The molecule has 0 aliphatic rings. The van der Waals surface area contributed by atoms with Crippen LogP contribution >= 0.6 is 15.9 Å². The van der Waals surface area contributed by atoms with Crippen molar-refractivity contribution in [1.29, 1.82) is 0 Å². The molecule has 2 rings (SSSR count). The minimum Gasteiger partial charge on any atom is -0.380 e. The van der Waals surface area contributed by atoms with Gasteiger partial charge in [0.05, 0.1) is 5.69 Å². The van der Waals surface area contributed by atoms with Crippen molar-refractivity contribution in [3.8, 4) is 0 Å². The summed E-state index contributed by atoms with van der Waals surface area (Å²) in [5.41, 5.74) is 5.84. The highest BCUT2D eigenvalue weighted by Gasteiger charge is 2.06. The summed E-state index contributed by atoms with van der Waals surface area (Å²) >= 11 is 3.42. The van der Waals surface area contributed by atoms with E-state index in [1.807, 2.05) is 0 Å². The van der Waals surface area contributed by atoms with Crippen LogP contribution in [-0.2, 0) is 6.54 Å². The minimum atomic E-state index is -0.233. The lowest BCUT2D eigenvalue weighted by Gasteiger charge is -2.14. The second-order valence-corrected chi connectivity index (χ2v) is 5.71. The van der Waals surface area contributed by atoms with Gasteiger partial charge in [0.1, 0.15) is 5.82 Å². The summed E-state index contributed by atoms with van der Waals surface area (Å²) < 4.78 is 14.1. The van der Waals surface area contributed by atoms with Gasteiger partial charge < -0.3 is 5.32 Å². The van der Waals surface area contributed by atoms with Gasteiger partial charge >= 0.3 is 0 Å². The molecule has 1 nitrogen and oxygen atoms in total. The van der Waals surface area contributed by atoms with Crippen LogP contribution in [0.25, 0.3) is 0 Å². The van der Waals surface area contributed by atoms with Gasteiger partial charge in [-0.05, 0) is 71.6 Å². The third kappa shape index (κ3) is 3.35. The van der Waals surface area contributed by atoms with E-state index < -0.39 is 0 Å². The summed E-state index contributed by atoms with van der Waals surface area (Å²) in [6, 6.07) is 9.00. The molecule has 0 spiro atoms. The second-order valence-electron chi connectivity index (χ2n) is 4.85. The lowest BCUT2D eigenvalue weighted by atomic mass is 10.00. The smallest absolute Gasteiger partial charge is 0.125 e. The van der Waals surface area contributed by atoms with Crippen molar-refractivity contribution in [2.75, 3.05) is 5.32 Å². The summed E-state index contributed by atoms with van der Waals surface area (Å²) in [5, 5.41) is 3.28. The molecule has 0 atom stereocenters. The number of anilines is 1. The van der Waals surface area contributed by atoms with Crippen LogP contribution in [0.2, 0.25) is 0 Å². The molecule has 0 heterocycles. The highest BCUT2D eigenvalue weighted by atomic mass is 79.9. The first-order valence-electron chi connectivity index (χ1n) is 6.23. The Labute approximate surface area is 122 Å². The first-order valence-corrected chi connectivity index (χ1v) is 7.02. The zero-order valence-electron chi connectivity index (χ0n) is 11.3. The molecule has 0 saturated heterocycles. The van der Waals surface area contributed by atoms with E-state index >= 15 is 0 Å². The van der Waals surface area contributed by atoms with Crippen molar-refractivity contribution >= 4 is 21.6 Å². The highest BCUT2D eigenvalue weighted by molar-refractivity contribution is 9.10. The van der Waals surface area contributed by atoms with Crippen molar-refractivity contribution in [2.24, 2.45) is 0 Å². The van der Waals surface area contributed by atoms with Crippen LogP contribution in [0.3, 0.4) is 0 Å². The van der Waals surface area contributed by atoms with Crippen molar-refractivity contribution in [3.05, 3.63) is 62.9 Å². The van der Waals surface area contributed by atoms with Crippen LogP contribution in [0.15, 0.2) is 34.8 Å². The average Bonchev–Trinajstić information content (AvgIpc) is 2.32.